The van der Waals surface area contributed by atoms with E-state index in [0.717, 1.165) is 27.7 Å². The van der Waals surface area contributed by atoms with E-state index in [1.54, 1.807) is 0 Å². The van der Waals surface area contributed by atoms with Gasteiger partial charge in [-0.05, 0) is 35.2 Å². The summed E-state index contributed by atoms with van der Waals surface area (Å²) in [6, 6.07) is 17.0. The highest BCUT2D eigenvalue weighted by atomic mass is 19.1. The van der Waals surface area contributed by atoms with E-state index in [9.17, 15) is 4.39 Å². The van der Waals surface area contributed by atoms with Gasteiger partial charge >= 0.3 is 0 Å². The SMILES string of the molecule is Fc1ccc(CNCc2ccc3cc[nH]c3n2)c2ccccc12. The van der Waals surface area contributed by atoms with Crippen LogP contribution >= 0.6 is 0 Å². The highest BCUT2D eigenvalue weighted by molar-refractivity contribution is 5.86. The number of aromatic amines is 1. The average Bonchev–Trinajstić information content (AvgIpc) is 3.05. The Kier molecular flexibility index (Phi) is 3.52. The van der Waals surface area contributed by atoms with Gasteiger partial charge in [0.1, 0.15) is 11.5 Å². The Hall–Kier alpha value is -2.72. The molecule has 0 aliphatic heterocycles. The Morgan fingerprint density at radius 2 is 1.78 bits per heavy atom. The number of aromatic nitrogens is 2. The van der Waals surface area contributed by atoms with Gasteiger partial charge in [0.25, 0.3) is 0 Å². The van der Waals surface area contributed by atoms with Gasteiger partial charge in [-0.1, -0.05) is 30.3 Å². The second-order valence-corrected chi connectivity index (χ2v) is 5.57. The molecular formula is C19H16FN3. The molecule has 2 aromatic heterocycles. The number of nitrogens with zero attached hydrogens (tertiary/aromatic N) is 1. The molecule has 23 heavy (non-hydrogen) atoms. The maximum atomic E-state index is 13.8. The molecule has 3 nitrogen and oxygen atoms in total. The van der Waals surface area contributed by atoms with Gasteiger partial charge in [0.15, 0.2) is 0 Å². The maximum Gasteiger partial charge on any atom is 0.137 e. The summed E-state index contributed by atoms with van der Waals surface area (Å²) >= 11 is 0. The molecule has 2 heterocycles. The number of fused-ring (bicyclic) bond motifs is 2. The number of hydrogen-bond acceptors (Lipinski definition) is 2. The van der Waals surface area contributed by atoms with Crippen molar-refractivity contribution in [2.75, 3.05) is 0 Å². The number of halogens is 1. The molecule has 0 unspecified atom stereocenters. The third-order valence-electron chi connectivity index (χ3n) is 4.05. The van der Waals surface area contributed by atoms with Crippen molar-refractivity contribution in [2.45, 2.75) is 13.1 Å². The zero-order valence-electron chi connectivity index (χ0n) is 12.5. The van der Waals surface area contributed by atoms with E-state index in [2.05, 4.69) is 21.4 Å². The minimum Gasteiger partial charge on any atom is -0.346 e. The molecule has 0 aliphatic rings. The first-order chi connectivity index (χ1) is 11.3. The van der Waals surface area contributed by atoms with Gasteiger partial charge in [0.05, 0.1) is 5.69 Å². The zero-order chi connectivity index (χ0) is 15.6. The van der Waals surface area contributed by atoms with Crippen molar-refractivity contribution in [3.05, 3.63) is 77.9 Å². The van der Waals surface area contributed by atoms with Crippen LogP contribution in [0.1, 0.15) is 11.3 Å². The van der Waals surface area contributed by atoms with E-state index in [-0.39, 0.29) is 5.82 Å². The first-order valence-corrected chi connectivity index (χ1v) is 7.61. The summed E-state index contributed by atoms with van der Waals surface area (Å²) in [5.41, 5.74) is 2.96. The fourth-order valence-electron chi connectivity index (χ4n) is 2.87. The van der Waals surface area contributed by atoms with Gasteiger partial charge in [-0.2, -0.15) is 0 Å². The molecule has 0 atom stereocenters. The number of rotatable bonds is 4. The third-order valence-corrected chi connectivity index (χ3v) is 4.05. The van der Waals surface area contributed by atoms with E-state index in [4.69, 9.17) is 0 Å². The van der Waals surface area contributed by atoms with Gasteiger partial charge in [-0.25, -0.2) is 9.37 Å². The molecule has 114 valence electrons. The van der Waals surface area contributed by atoms with E-state index in [1.807, 2.05) is 48.7 Å². The number of pyridine rings is 1. The van der Waals surface area contributed by atoms with E-state index >= 15 is 0 Å². The summed E-state index contributed by atoms with van der Waals surface area (Å²) < 4.78 is 13.8. The number of benzene rings is 2. The van der Waals surface area contributed by atoms with E-state index in [0.29, 0.717) is 18.5 Å². The molecule has 4 aromatic rings. The Bertz CT molecular complexity index is 975. The molecule has 0 saturated heterocycles. The summed E-state index contributed by atoms with van der Waals surface area (Å²) in [5, 5.41) is 6.11. The van der Waals surface area contributed by atoms with Gasteiger partial charge in [-0.3, -0.25) is 0 Å². The predicted molar refractivity (Wildman–Crippen MR) is 90.5 cm³/mol. The van der Waals surface area contributed by atoms with Crippen LogP contribution in [0.5, 0.6) is 0 Å². The standard InChI is InChI=1S/C19H16FN3/c20-18-8-6-14(16-3-1-2-4-17(16)18)11-21-12-15-7-5-13-9-10-22-19(13)23-15/h1-10,21H,11-12H2,(H,22,23). The van der Waals surface area contributed by atoms with Crippen LogP contribution in [0, 0.1) is 5.82 Å². The minimum atomic E-state index is -0.178. The lowest BCUT2D eigenvalue weighted by Crippen LogP contribution is -2.14. The first-order valence-electron chi connectivity index (χ1n) is 7.61. The van der Waals surface area contributed by atoms with Crippen molar-refractivity contribution < 1.29 is 4.39 Å². The second-order valence-electron chi connectivity index (χ2n) is 5.57. The molecule has 0 amide bonds. The highest BCUT2D eigenvalue weighted by Gasteiger charge is 2.05. The molecule has 0 saturated carbocycles. The highest BCUT2D eigenvalue weighted by Crippen LogP contribution is 2.21. The zero-order valence-corrected chi connectivity index (χ0v) is 12.5. The minimum absolute atomic E-state index is 0.178. The summed E-state index contributed by atoms with van der Waals surface area (Å²) in [6.07, 6.45) is 1.89. The fraction of sp³-hybridized carbons (Fsp3) is 0.105. The third kappa shape index (κ3) is 2.69. The van der Waals surface area contributed by atoms with Gasteiger partial charge in [0.2, 0.25) is 0 Å². The Morgan fingerprint density at radius 3 is 2.70 bits per heavy atom. The molecule has 0 bridgehead atoms. The van der Waals surface area contributed by atoms with Crippen molar-refractivity contribution in [3.63, 3.8) is 0 Å². The number of hydrogen-bond donors (Lipinski definition) is 2. The lowest BCUT2D eigenvalue weighted by atomic mass is 10.0. The molecule has 0 fully saturated rings. The van der Waals surface area contributed by atoms with Crippen LogP contribution in [0.15, 0.2) is 60.8 Å². The Labute approximate surface area is 133 Å². The maximum absolute atomic E-state index is 13.8. The molecule has 4 rings (SSSR count). The number of H-pyrrole nitrogens is 1. The van der Waals surface area contributed by atoms with E-state index < -0.39 is 0 Å². The van der Waals surface area contributed by atoms with Crippen molar-refractivity contribution in [2.24, 2.45) is 0 Å². The lowest BCUT2D eigenvalue weighted by Gasteiger charge is -2.09. The largest absolute Gasteiger partial charge is 0.346 e. The number of nitrogens with one attached hydrogen (secondary N) is 2. The first kappa shape index (κ1) is 13.9. The van der Waals surface area contributed by atoms with E-state index in [1.165, 1.54) is 6.07 Å². The van der Waals surface area contributed by atoms with Crippen molar-refractivity contribution in [3.8, 4) is 0 Å². The second kappa shape index (κ2) is 5.82. The summed E-state index contributed by atoms with van der Waals surface area (Å²) in [5.74, 6) is -0.178. The molecule has 0 radical (unpaired) electrons. The average molecular weight is 305 g/mol. The Morgan fingerprint density at radius 1 is 0.913 bits per heavy atom. The van der Waals surface area contributed by atoms with Crippen molar-refractivity contribution in [1.29, 1.82) is 0 Å². The van der Waals surface area contributed by atoms with Gasteiger partial charge in [-0.15, -0.1) is 0 Å². The summed E-state index contributed by atoms with van der Waals surface area (Å²) in [7, 11) is 0. The van der Waals surface area contributed by atoms with Gasteiger partial charge < -0.3 is 10.3 Å². The molecule has 0 aliphatic carbocycles. The normalized spacial score (nSPS) is 11.3. The predicted octanol–water partition coefficient (Wildman–Crippen LogP) is 4.15. The molecule has 4 heteroatoms. The smallest absolute Gasteiger partial charge is 0.137 e. The molecular weight excluding hydrogens is 289 g/mol. The van der Waals surface area contributed by atoms with Crippen molar-refractivity contribution in [1.82, 2.24) is 15.3 Å². The monoisotopic (exact) mass is 305 g/mol. The fourth-order valence-corrected chi connectivity index (χ4v) is 2.87. The van der Waals surface area contributed by atoms with Crippen LogP contribution in [0.4, 0.5) is 4.39 Å². The summed E-state index contributed by atoms with van der Waals surface area (Å²) in [4.78, 5) is 7.68. The Balaban J connectivity index is 1.52. The quantitative estimate of drug-likeness (QED) is 0.595. The lowest BCUT2D eigenvalue weighted by molar-refractivity contribution is 0.637. The topological polar surface area (TPSA) is 40.7 Å². The van der Waals surface area contributed by atoms with Gasteiger partial charge in [0, 0.05) is 30.1 Å². The molecule has 0 spiro atoms. The summed E-state index contributed by atoms with van der Waals surface area (Å²) in [6.45, 7) is 1.34. The van der Waals surface area contributed by atoms with Crippen LogP contribution in [-0.2, 0) is 13.1 Å². The van der Waals surface area contributed by atoms with Crippen LogP contribution in [0.3, 0.4) is 0 Å². The van der Waals surface area contributed by atoms with Crippen LogP contribution < -0.4 is 5.32 Å². The molecule has 2 aromatic carbocycles. The van der Waals surface area contributed by atoms with Crippen LogP contribution in [-0.4, -0.2) is 9.97 Å². The van der Waals surface area contributed by atoms with Crippen molar-refractivity contribution >= 4 is 21.8 Å². The van der Waals surface area contributed by atoms with Crippen LogP contribution in [0.2, 0.25) is 0 Å². The molecule has 2 N–H and O–H groups in total. The van der Waals surface area contributed by atoms with Crippen LogP contribution in [0.25, 0.3) is 21.8 Å².